The zero-order chi connectivity index (χ0) is 12.5. The van der Waals surface area contributed by atoms with Crippen LogP contribution in [-0.2, 0) is 0 Å². The van der Waals surface area contributed by atoms with Gasteiger partial charge in [0.15, 0.2) is 0 Å². The van der Waals surface area contributed by atoms with E-state index < -0.39 is 0 Å². The van der Waals surface area contributed by atoms with E-state index in [0.29, 0.717) is 13.1 Å². The molecule has 0 aliphatic rings. The van der Waals surface area contributed by atoms with Gasteiger partial charge >= 0.3 is 0 Å². The van der Waals surface area contributed by atoms with Crippen LogP contribution < -0.4 is 16.4 Å². The first kappa shape index (κ1) is 13.8. The summed E-state index contributed by atoms with van der Waals surface area (Å²) in [6.45, 7) is 4.29. The molecule has 0 spiro atoms. The standard InChI is InChI=1S/C13H23N3O/c1-2-3-8-15-9-13(17)10-16-12-6-4-11(14)5-7-12/h4-7,13,15-17H,2-3,8-10,14H2,1H3. The van der Waals surface area contributed by atoms with Crippen molar-refractivity contribution in [3.8, 4) is 0 Å². The molecule has 4 heteroatoms. The van der Waals surface area contributed by atoms with Crippen molar-refractivity contribution in [2.45, 2.75) is 25.9 Å². The molecular formula is C13H23N3O. The van der Waals surface area contributed by atoms with Crippen molar-refractivity contribution in [2.24, 2.45) is 0 Å². The minimum atomic E-state index is -0.371. The predicted molar refractivity (Wildman–Crippen MR) is 73.1 cm³/mol. The van der Waals surface area contributed by atoms with E-state index in [1.54, 1.807) is 0 Å². The Morgan fingerprint density at radius 2 is 1.94 bits per heavy atom. The lowest BCUT2D eigenvalue weighted by atomic mass is 10.2. The minimum Gasteiger partial charge on any atom is -0.399 e. The summed E-state index contributed by atoms with van der Waals surface area (Å²) in [5.74, 6) is 0. The van der Waals surface area contributed by atoms with E-state index in [4.69, 9.17) is 5.73 Å². The molecule has 0 saturated heterocycles. The van der Waals surface area contributed by atoms with Gasteiger partial charge in [-0.2, -0.15) is 0 Å². The number of hydrogen-bond acceptors (Lipinski definition) is 4. The second-order valence-corrected chi connectivity index (χ2v) is 4.21. The van der Waals surface area contributed by atoms with Gasteiger partial charge < -0.3 is 21.5 Å². The topological polar surface area (TPSA) is 70.3 Å². The van der Waals surface area contributed by atoms with Crippen LogP contribution in [0.5, 0.6) is 0 Å². The van der Waals surface area contributed by atoms with Crippen molar-refractivity contribution in [1.82, 2.24) is 5.32 Å². The maximum absolute atomic E-state index is 9.71. The van der Waals surface area contributed by atoms with Crippen LogP contribution in [0.15, 0.2) is 24.3 Å². The van der Waals surface area contributed by atoms with Crippen LogP contribution in [-0.4, -0.2) is 30.8 Å². The first-order valence-electron chi connectivity index (χ1n) is 6.20. The van der Waals surface area contributed by atoms with Crippen LogP contribution in [0.3, 0.4) is 0 Å². The highest BCUT2D eigenvalue weighted by molar-refractivity contribution is 5.51. The van der Waals surface area contributed by atoms with Crippen molar-refractivity contribution in [1.29, 1.82) is 0 Å². The van der Waals surface area contributed by atoms with Gasteiger partial charge in [0.25, 0.3) is 0 Å². The molecule has 0 bridgehead atoms. The Labute approximate surface area is 103 Å². The first-order valence-corrected chi connectivity index (χ1v) is 6.20. The summed E-state index contributed by atoms with van der Waals surface area (Å²) in [6, 6.07) is 7.50. The first-order chi connectivity index (χ1) is 8.22. The minimum absolute atomic E-state index is 0.371. The molecule has 1 rings (SSSR count). The van der Waals surface area contributed by atoms with Crippen LogP contribution >= 0.6 is 0 Å². The Morgan fingerprint density at radius 1 is 1.24 bits per heavy atom. The van der Waals surface area contributed by atoms with E-state index in [1.165, 1.54) is 6.42 Å². The summed E-state index contributed by atoms with van der Waals surface area (Å²) >= 11 is 0. The fraction of sp³-hybridized carbons (Fsp3) is 0.538. The Morgan fingerprint density at radius 3 is 2.59 bits per heavy atom. The Hall–Kier alpha value is -1.26. The fourth-order valence-corrected chi connectivity index (χ4v) is 1.48. The van der Waals surface area contributed by atoms with Gasteiger partial charge in [0.1, 0.15) is 0 Å². The van der Waals surface area contributed by atoms with Crippen LogP contribution in [0.1, 0.15) is 19.8 Å². The number of nitrogens with two attached hydrogens (primary N) is 1. The lowest BCUT2D eigenvalue weighted by Crippen LogP contribution is -2.32. The lowest BCUT2D eigenvalue weighted by Gasteiger charge is -2.13. The molecule has 1 aromatic carbocycles. The summed E-state index contributed by atoms with van der Waals surface area (Å²) in [6.07, 6.45) is 1.95. The van der Waals surface area contributed by atoms with E-state index in [0.717, 1.165) is 24.3 Å². The van der Waals surface area contributed by atoms with Gasteiger partial charge in [-0.25, -0.2) is 0 Å². The van der Waals surface area contributed by atoms with E-state index in [9.17, 15) is 5.11 Å². The predicted octanol–water partition coefficient (Wildman–Crippen LogP) is 1.43. The third-order valence-corrected chi connectivity index (χ3v) is 2.54. The second kappa shape index (κ2) is 7.92. The molecule has 4 nitrogen and oxygen atoms in total. The van der Waals surface area contributed by atoms with Gasteiger partial charge in [0, 0.05) is 24.5 Å². The molecule has 0 saturated carbocycles. The Balaban J connectivity index is 2.14. The molecular weight excluding hydrogens is 214 g/mol. The summed E-state index contributed by atoms with van der Waals surface area (Å²) < 4.78 is 0. The maximum atomic E-state index is 9.71. The van der Waals surface area contributed by atoms with Gasteiger partial charge in [0.2, 0.25) is 0 Å². The van der Waals surface area contributed by atoms with Gasteiger partial charge in [-0.3, -0.25) is 0 Å². The molecule has 1 unspecified atom stereocenters. The summed E-state index contributed by atoms with van der Waals surface area (Å²) in [7, 11) is 0. The van der Waals surface area contributed by atoms with E-state index in [-0.39, 0.29) is 6.10 Å². The van der Waals surface area contributed by atoms with Crippen LogP contribution in [0, 0.1) is 0 Å². The van der Waals surface area contributed by atoms with Crippen LogP contribution in [0.25, 0.3) is 0 Å². The number of benzene rings is 1. The molecule has 0 aliphatic heterocycles. The van der Waals surface area contributed by atoms with E-state index in [2.05, 4.69) is 17.6 Å². The van der Waals surface area contributed by atoms with Gasteiger partial charge in [-0.05, 0) is 37.2 Å². The average molecular weight is 237 g/mol. The number of anilines is 2. The SMILES string of the molecule is CCCCNCC(O)CNc1ccc(N)cc1. The van der Waals surface area contributed by atoms with Crippen molar-refractivity contribution in [3.63, 3.8) is 0 Å². The van der Waals surface area contributed by atoms with Crippen molar-refractivity contribution in [2.75, 3.05) is 30.7 Å². The number of nitrogen functional groups attached to an aromatic ring is 1. The highest BCUT2D eigenvalue weighted by atomic mass is 16.3. The quantitative estimate of drug-likeness (QED) is 0.408. The number of aliphatic hydroxyl groups excluding tert-OH is 1. The molecule has 0 heterocycles. The van der Waals surface area contributed by atoms with E-state index in [1.807, 2.05) is 24.3 Å². The zero-order valence-electron chi connectivity index (χ0n) is 10.4. The van der Waals surface area contributed by atoms with Crippen molar-refractivity contribution >= 4 is 11.4 Å². The molecule has 5 N–H and O–H groups in total. The normalized spacial score (nSPS) is 12.4. The number of rotatable bonds is 8. The molecule has 17 heavy (non-hydrogen) atoms. The molecule has 0 fully saturated rings. The molecule has 1 atom stereocenters. The lowest BCUT2D eigenvalue weighted by molar-refractivity contribution is 0.184. The van der Waals surface area contributed by atoms with E-state index >= 15 is 0 Å². The smallest absolute Gasteiger partial charge is 0.0836 e. The summed E-state index contributed by atoms with van der Waals surface area (Å²) in [5, 5.41) is 16.1. The molecule has 0 aromatic heterocycles. The fourth-order valence-electron chi connectivity index (χ4n) is 1.48. The average Bonchev–Trinajstić information content (AvgIpc) is 2.34. The van der Waals surface area contributed by atoms with Gasteiger partial charge in [0.05, 0.1) is 6.10 Å². The second-order valence-electron chi connectivity index (χ2n) is 4.21. The highest BCUT2D eigenvalue weighted by Gasteiger charge is 2.02. The highest BCUT2D eigenvalue weighted by Crippen LogP contribution is 2.09. The number of unbranched alkanes of at least 4 members (excludes halogenated alkanes) is 1. The Kier molecular flexibility index (Phi) is 6.43. The monoisotopic (exact) mass is 237 g/mol. The molecule has 96 valence electrons. The van der Waals surface area contributed by atoms with Crippen molar-refractivity contribution < 1.29 is 5.11 Å². The van der Waals surface area contributed by atoms with Crippen LogP contribution in [0.2, 0.25) is 0 Å². The summed E-state index contributed by atoms with van der Waals surface area (Å²) in [4.78, 5) is 0. The largest absolute Gasteiger partial charge is 0.399 e. The summed E-state index contributed by atoms with van der Waals surface area (Å²) in [5.41, 5.74) is 7.32. The molecule has 0 radical (unpaired) electrons. The Bertz CT molecular complexity index is 300. The third kappa shape index (κ3) is 6.14. The van der Waals surface area contributed by atoms with Crippen molar-refractivity contribution in [3.05, 3.63) is 24.3 Å². The van der Waals surface area contributed by atoms with Crippen LogP contribution in [0.4, 0.5) is 11.4 Å². The van der Waals surface area contributed by atoms with Gasteiger partial charge in [-0.1, -0.05) is 13.3 Å². The van der Waals surface area contributed by atoms with Gasteiger partial charge in [-0.15, -0.1) is 0 Å². The maximum Gasteiger partial charge on any atom is 0.0836 e. The zero-order valence-corrected chi connectivity index (χ0v) is 10.4. The third-order valence-electron chi connectivity index (χ3n) is 2.54. The molecule has 1 aromatic rings. The molecule has 0 aliphatic carbocycles. The number of hydrogen-bond donors (Lipinski definition) is 4. The number of aliphatic hydroxyl groups is 1. The number of nitrogens with one attached hydrogen (secondary N) is 2. The molecule has 0 amide bonds.